The SMILES string of the molecule is O=C(CCc1nnc(-c2ccccc2Cl)o1)NCc1ccc(F)cc1. The van der Waals surface area contributed by atoms with E-state index in [2.05, 4.69) is 15.5 Å². The number of carbonyl (C=O) groups excluding carboxylic acids is 1. The minimum Gasteiger partial charge on any atom is -0.421 e. The summed E-state index contributed by atoms with van der Waals surface area (Å²) in [4.78, 5) is 11.9. The molecule has 0 saturated carbocycles. The molecular formula is C18H15ClFN3O2. The van der Waals surface area contributed by atoms with Crippen molar-refractivity contribution in [2.45, 2.75) is 19.4 Å². The van der Waals surface area contributed by atoms with Crippen molar-refractivity contribution in [1.29, 1.82) is 0 Å². The number of amides is 1. The Morgan fingerprint density at radius 3 is 2.64 bits per heavy atom. The van der Waals surface area contributed by atoms with Gasteiger partial charge >= 0.3 is 0 Å². The van der Waals surface area contributed by atoms with Gasteiger partial charge in [0.05, 0.1) is 10.6 Å². The van der Waals surface area contributed by atoms with Crippen LogP contribution in [0.4, 0.5) is 4.39 Å². The third kappa shape index (κ3) is 4.64. The van der Waals surface area contributed by atoms with E-state index in [9.17, 15) is 9.18 Å². The van der Waals surface area contributed by atoms with Crippen LogP contribution >= 0.6 is 11.6 Å². The summed E-state index contributed by atoms with van der Waals surface area (Å²) in [5, 5.41) is 11.2. The van der Waals surface area contributed by atoms with E-state index in [1.54, 1.807) is 24.3 Å². The molecule has 1 N–H and O–H groups in total. The second kappa shape index (κ2) is 7.90. The Balaban J connectivity index is 1.51. The number of carbonyl (C=O) groups is 1. The Hall–Kier alpha value is -2.73. The van der Waals surface area contributed by atoms with Crippen molar-refractivity contribution in [3.63, 3.8) is 0 Å². The molecular weight excluding hydrogens is 345 g/mol. The first-order valence-corrected chi connectivity index (χ1v) is 8.08. The van der Waals surface area contributed by atoms with E-state index in [-0.39, 0.29) is 18.1 Å². The fraction of sp³-hybridized carbons (Fsp3) is 0.167. The van der Waals surface area contributed by atoms with Gasteiger partial charge in [-0.15, -0.1) is 10.2 Å². The third-order valence-corrected chi connectivity index (χ3v) is 3.87. The Kier molecular flexibility index (Phi) is 5.40. The Morgan fingerprint density at radius 1 is 1.12 bits per heavy atom. The van der Waals surface area contributed by atoms with Crippen molar-refractivity contribution in [3.8, 4) is 11.5 Å². The van der Waals surface area contributed by atoms with Crippen molar-refractivity contribution in [2.24, 2.45) is 0 Å². The van der Waals surface area contributed by atoms with Gasteiger partial charge in [-0.25, -0.2) is 4.39 Å². The third-order valence-electron chi connectivity index (χ3n) is 3.54. The molecule has 3 rings (SSSR count). The standard InChI is InChI=1S/C18H15ClFN3O2/c19-15-4-2-1-3-14(15)18-23-22-17(25-18)10-9-16(24)21-11-12-5-7-13(20)8-6-12/h1-8H,9-11H2,(H,21,24). The van der Waals surface area contributed by atoms with Crippen molar-refractivity contribution in [1.82, 2.24) is 15.5 Å². The second-order valence-corrected chi connectivity index (χ2v) is 5.79. The van der Waals surface area contributed by atoms with Crippen molar-refractivity contribution >= 4 is 17.5 Å². The smallest absolute Gasteiger partial charge is 0.249 e. The van der Waals surface area contributed by atoms with Gasteiger partial charge in [-0.2, -0.15) is 0 Å². The number of hydrogen-bond acceptors (Lipinski definition) is 4. The summed E-state index contributed by atoms with van der Waals surface area (Å²) in [5.74, 6) is 0.238. The van der Waals surface area contributed by atoms with Crippen LogP contribution in [0.2, 0.25) is 5.02 Å². The van der Waals surface area contributed by atoms with Gasteiger partial charge in [-0.1, -0.05) is 35.9 Å². The predicted molar refractivity (Wildman–Crippen MR) is 91.3 cm³/mol. The lowest BCUT2D eigenvalue weighted by atomic mass is 10.2. The lowest BCUT2D eigenvalue weighted by Gasteiger charge is -2.04. The Bertz CT molecular complexity index is 865. The molecule has 0 aliphatic rings. The molecule has 0 saturated heterocycles. The number of aryl methyl sites for hydroxylation is 1. The maximum absolute atomic E-state index is 12.8. The van der Waals surface area contributed by atoms with Crippen LogP contribution in [0.25, 0.3) is 11.5 Å². The Labute approximate surface area is 148 Å². The average molecular weight is 360 g/mol. The fourth-order valence-corrected chi connectivity index (χ4v) is 2.43. The predicted octanol–water partition coefficient (Wildman–Crippen LogP) is 3.78. The van der Waals surface area contributed by atoms with E-state index < -0.39 is 0 Å². The quantitative estimate of drug-likeness (QED) is 0.727. The highest BCUT2D eigenvalue weighted by atomic mass is 35.5. The number of nitrogens with zero attached hydrogens (tertiary/aromatic N) is 2. The molecule has 0 aliphatic heterocycles. The van der Waals surface area contributed by atoms with Gasteiger partial charge < -0.3 is 9.73 Å². The highest BCUT2D eigenvalue weighted by Crippen LogP contribution is 2.26. The molecule has 25 heavy (non-hydrogen) atoms. The Morgan fingerprint density at radius 2 is 1.88 bits per heavy atom. The zero-order valence-corrected chi connectivity index (χ0v) is 14.0. The van der Waals surface area contributed by atoms with Crippen LogP contribution in [-0.4, -0.2) is 16.1 Å². The molecule has 1 aromatic heterocycles. The zero-order chi connectivity index (χ0) is 17.6. The van der Waals surface area contributed by atoms with Crippen LogP contribution in [0.15, 0.2) is 52.9 Å². The monoisotopic (exact) mass is 359 g/mol. The second-order valence-electron chi connectivity index (χ2n) is 5.38. The average Bonchev–Trinajstić information content (AvgIpc) is 3.08. The van der Waals surface area contributed by atoms with E-state index in [1.807, 2.05) is 12.1 Å². The summed E-state index contributed by atoms with van der Waals surface area (Å²) in [6, 6.07) is 13.1. The highest BCUT2D eigenvalue weighted by molar-refractivity contribution is 6.33. The summed E-state index contributed by atoms with van der Waals surface area (Å²) >= 11 is 6.09. The first-order chi connectivity index (χ1) is 12.1. The maximum atomic E-state index is 12.8. The molecule has 2 aromatic carbocycles. The van der Waals surface area contributed by atoms with Crippen molar-refractivity contribution in [2.75, 3.05) is 0 Å². The van der Waals surface area contributed by atoms with Crippen LogP contribution in [0, 0.1) is 5.82 Å². The van der Waals surface area contributed by atoms with Crippen LogP contribution in [0.1, 0.15) is 17.9 Å². The number of benzene rings is 2. The molecule has 1 amide bonds. The van der Waals surface area contributed by atoms with Crippen LogP contribution in [-0.2, 0) is 17.8 Å². The van der Waals surface area contributed by atoms with Crippen molar-refractivity contribution < 1.29 is 13.6 Å². The molecule has 3 aromatic rings. The zero-order valence-electron chi connectivity index (χ0n) is 13.2. The maximum Gasteiger partial charge on any atom is 0.249 e. The van der Waals surface area contributed by atoms with Gasteiger partial charge in [0.2, 0.25) is 17.7 Å². The van der Waals surface area contributed by atoms with Gasteiger partial charge in [0, 0.05) is 19.4 Å². The topological polar surface area (TPSA) is 68.0 Å². The molecule has 128 valence electrons. The van der Waals surface area contributed by atoms with Gasteiger partial charge in [-0.05, 0) is 29.8 Å². The van der Waals surface area contributed by atoms with Crippen LogP contribution < -0.4 is 5.32 Å². The normalized spacial score (nSPS) is 10.6. The van der Waals surface area contributed by atoms with Gasteiger partial charge in [0.25, 0.3) is 0 Å². The molecule has 7 heteroatoms. The van der Waals surface area contributed by atoms with Crippen LogP contribution in [0.3, 0.4) is 0 Å². The molecule has 1 heterocycles. The summed E-state index contributed by atoms with van der Waals surface area (Å²) in [6.07, 6.45) is 0.540. The number of halogens is 2. The van der Waals surface area contributed by atoms with E-state index >= 15 is 0 Å². The van der Waals surface area contributed by atoms with Crippen molar-refractivity contribution in [3.05, 3.63) is 70.8 Å². The summed E-state index contributed by atoms with van der Waals surface area (Å²) in [5.41, 5.74) is 1.48. The van der Waals surface area contributed by atoms with Gasteiger partial charge in [-0.3, -0.25) is 4.79 Å². The molecule has 0 fully saturated rings. The summed E-state index contributed by atoms with van der Waals surface area (Å²) < 4.78 is 18.4. The fourth-order valence-electron chi connectivity index (χ4n) is 2.21. The molecule has 0 bridgehead atoms. The lowest BCUT2D eigenvalue weighted by molar-refractivity contribution is -0.121. The number of rotatable bonds is 6. The molecule has 0 spiro atoms. The van der Waals surface area contributed by atoms with E-state index in [0.717, 1.165) is 5.56 Å². The molecule has 0 unspecified atom stereocenters. The minimum absolute atomic E-state index is 0.151. The first kappa shape index (κ1) is 17.1. The highest BCUT2D eigenvalue weighted by Gasteiger charge is 2.12. The minimum atomic E-state index is -0.305. The summed E-state index contributed by atoms with van der Waals surface area (Å²) in [7, 11) is 0. The first-order valence-electron chi connectivity index (χ1n) is 7.70. The largest absolute Gasteiger partial charge is 0.421 e. The van der Waals surface area contributed by atoms with Gasteiger partial charge in [0.1, 0.15) is 5.82 Å². The number of hydrogen-bond donors (Lipinski definition) is 1. The van der Waals surface area contributed by atoms with E-state index in [0.29, 0.717) is 35.3 Å². The van der Waals surface area contributed by atoms with E-state index in [1.165, 1.54) is 12.1 Å². The molecule has 0 radical (unpaired) electrons. The van der Waals surface area contributed by atoms with Crippen LogP contribution in [0.5, 0.6) is 0 Å². The van der Waals surface area contributed by atoms with Gasteiger partial charge in [0.15, 0.2) is 0 Å². The number of aromatic nitrogens is 2. The molecule has 5 nitrogen and oxygen atoms in total. The lowest BCUT2D eigenvalue weighted by Crippen LogP contribution is -2.23. The van der Waals surface area contributed by atoms with E-state index in [4.69, 9.17) is 16.0 Å². The molecule has 0 aliphatic carbocycles. The summed E-state index contributed by atoms with van der Waals surface area (Å²) in [6.45, 7) is 0.341. The number of nitrogens with one attached hydrogen (secondary N) is 1. The molecule has 0 atom stereocenters.